The van der Waals surface area contributed by atoms with Gasteiger partial charge in [-0.25, -0.2) is 0 Å². The van der Waals surface area contributed by atoms with Crippen molar-refractivity contribution >= 4 is 16.9 Å². The van der Waals surface area contributed by atoms with Gasteiger partial charge in [-0.1, -0.05) is 24.3 Å². The summed E-state index contributed by atoms with van der Waals surface area (Å²) in [4.78, 5) is 12.9. The minimum absolute atomic E-state index is 0.292. The monoisotopic (exact) mass is 458 g/mol. The Morgan fingerprint density at radius 3 is 2.48 bits per heavy atom. The molecule has 4 nitrogen and oxygen atoms in total. The fraction of sp³-hybridized carbons (Fsp3) is 0.250. The van der Waals surface area contributed by atoms with Crippen LogP contribution < -0.4 is 14.6 Å². The van der Waals surface area contributed by atoms with Gasteiger partial charge in [0.2, 0.25) is 0 Å². The molecule has 5 heteroatoms. The predicted octanol–water partition coefficient (Wildman–Crippen LogP) is 4.49. The third-order valence-electron chi connectivity index (χ3n) is 5.44. The van der Waals surface area contributed by atoms with Crippen molar-refractivity contribution in [3.8, 4) is 22.7 Å². The highest BCUT2D eigenvalue weighted by Gasteiger charge is 2.26. The van der Waals surface area contributed by atoms with E-state index in [0.717, 1.165) is 39.5 Å². The normalized spacial score (nSPS) is 14.2. The van der Waals surface area contributed by atoms with Gasteiger partial charge in [-0.05, 0) is 80.5 Å². The number of hydrogen-bond acceptors (Lipinski definition) is 4. The predicted molar refractivity (Wildman–Crippen MR) is 128 cm³/mol. The first-order chi connectivity index (χ1) is 16.1. The Labute approximate surface area is 197 Å². The minimum Gasteiger partial charge on any atom is -0.546 e. The number of carboxylic acid groups (broad SMARTS) is 1. The average molecular weight is 459 g/mol. The van der Waals surface area contributed by atoms with E-state index in [1.165, 1.54) is 12.8 Å². The molecule has 0 aromatic heterocycles. The smallest absolute Gasteiger partial charge is 0.179 e. The Bertz CT molecular complexity index is 1160. The van der Waals surface area contributed by atoms with Crippen LogP contribution in [0.1, 0.15) is 36.8 Å². The molecule has 0 amide bonds. The van der Waals surface area contributed by atoms with Crippen LogP contribution in [-0.2, 0) is 15.7 Å². The number of carbonyl (C=O) groups is 1. The van der Waals surface area contributed by atoms with Crippen molar-refractivity contribution < 1.29 is 19.4 Å². The van der Waals surface area contributed by atoms with E-state index >= 15 is 0 Å². The number of aryl methyl sites for hydroxylation is 1. The van der Waals surface area contributed by atoms with Gasteiger partial charge in [-0.3, -0.25) is 0 Å². The fourth-order valence-electron chi connectivity index (χ4n) is 3.81. The molecule has 0 spiro atoms. The molecule has 1 atom stereocenters. The summed E-state index contributed by atoms with van der Waals surface area (Å²) in [5.74, 6) is 3.48. The molecular weight excluding hydrogens is 432 g/mol. The first kappa shape index (κ1) is 22.8. The van der Waals surface area contributed by atoms with Crippen LogP contribution in [0.4, 0.5) is 0 Å². The molecule has 3 aromatic rings. The largest absolute Gasteiger partial charge is 0.546 e. The highest BCUT2D eigenvalue weighted by atomic mass is 32.2. The summed E-state index contributed by atoms with van der Waals surface area (Å²) in [5, 5.41) is 14.2. The van der Waals surface area contributed by atoms with Crippen LogP contribution in [0.25, 0.3) is 0 Å². The summed E-state index contributed by atoms with van der Waals surface area (Å²) in [6.07, 6.45) is 4.96. The lowest BCUT2D eigenvalue weighted by Gasteiger charge is -2.13. The SMILES string of the molecule is Cc1cc([S+](C#Cc2ccccc2)c2cccc(OC3CCCC3)c2)ccc1OCC(=O)[O-]. The van der Waals surface area contributed by atoms with Crippen LogP contribution in [-0.4, -0.2) is 18.7 Å². The summed E-state index contributed by atoms with van der Waals surface area (Å²) < 4.78 is 11.6. The number of aliphatic carboxylic acids is 1. The van der Waals surface area contributed by atoms with Gasteiger partial charge in [0, 0.05) is 17.7 Å². The molecule has 1 aliphatic rings. The number of ether oxygens (including phenoxy) is 2. The van der Waals surface area contributed by atoms with Crippen LogP contribution in [0.15, 0.2) is 82.6 Å². The molecule has 0 heterocycles. The second-order valence-corrected chi connectivity index (χ2v) is 9.75. The number of carboxylic acids is 1. The molecule has 0 aliphatic heterocycles. The maximum atomic E-state index is 10.8. The maximum absolute atomic E-state index is 10.8. The molecule has 4 rings (SSSR count). The molecule has 168 valence electrons. The van der Waals surface area contributed by atoms with Crippen LogP contribution in [0.5, 0.6) is 11.5 Å². The minimum atomic E-state index is -1.24. The van der Waals surface area contributed by atoms with Crippen LogP contribution in [0.2, 0.25) is 0 Å². The van der Waals surface area contributed by atoms with Gasteiger partial charge < -0.3 is 19.4 Å². The molecule has 3 aromatic carbocycles. The molecule has 33 heavy (non-hydrogen) atoms. The fourth-order valence-corrected chi connectivity index (χ4v) is 5.48. The van der Waals surface area contributed by atoms with Crippen LogP contribution in [0, 0.1) is 18.1 Å². The first-order valence-corrected chi connectivity index (χ1v) is 12.3. The van der Waals surface area contributed by atoms with Crippen molar-refractivity contribution in [1.82, 2.24) is 0 Å². The van der Waals surface area contributed by atoms with Gasteiger partial charge in [-0.2, -0.15) is 0 Å². The maximum Gasteiger partial charge on any atom is 0.179 e. The number of carbonyl (C=O) groups excluding carboxylic acids is 1. The lowest BCUT2D eigenvalue weighted by atomic mass is 10.2. The number of benzene rings is 3. The van der Waals surface area contributed by atoms with E-state index in [-0.39, 0.29) is 0 Å². The summed E-state index contributed by atoms with van der Waals surface area (Å²) in [7, 11) is -0.522. The number of hydrogen-bond donors (Lipinski definition) is 0. The van der Waals surface area contributed by atoms with Gasteiger partial charge in [0.05, 0.1) is 12.1 Å². The van der Waals surface area contributed by atoms with Crippen molar-refractivity contribution in [3.05, 3.63) is 83.9 Å². The highest BCUT2D eigenvalue weighted by molar-refractivity contribution is 8.01. The lowest BCUT2D eigenvalue weighted by Crippen LogP contribution is -2.29. The van der Waals surface area contributed by atoms with Crippen molar-refractivity contribution in [2.24, 2.45) is 0 Å². The van der Waals surface area contributed by atoms with Crippen molar-refractivity contribution in [2.45, 2.75) is 48.5 Å². The average Bonchev–Trinajstić information content (AvgIpc) is 3.32. The van der Waals surface area contributed by atoms with E-state index in [9.17, 15) is 9.90 Å². The molecule has 1 aliphatic carbocycles. The Hall–Kier alpha value is -3.36. The summed E-state index contributed by atoms with van der Waals surface area (Å²) in [6.45, 7) is 1.43. The second-order valence-electron chi connectivity index (χ2n) is 7.99. The Balaban J connectivity index is 1.66. The summed E-state index contributed by atoms with van der Waals surface area (Å²) in [6, 6.07) is 23.9. The second kappa shape index (κ2) is 11.0. The molecule has 1 saturated carbocycles. The Kier molecular flexibility index (Phi) is 7.59. The highest BCUT2D eigenvalue weighted by Crippen LogP contribution is 2.31. The molecule has 1 fully saturated rings. The molecule has 1 unspecified atom stereocenters. The van der Waals surface area contributed by atoms with E-state index in [2.05, 4.69) is 23.3 Å². The van der Waals surface area contributed by atoms with E-state index in [0.29, 0.717) is 11.9 Å². The van der Waals surface area contributed by atoms with Crippen LogP contribution in [0.3, 0.4) is 0 Å². The topological polar surface area (TPSA) is 58.6 Å². The van der Waals surface area contributed by atoms with E-state index in [1.807, 2.05) is 61.5 Å². The lowest BCUT2D eigenvalue weighted by molar-refractivity contribution is -0.307. The van der Waals surface area contributed by atoms with Gasteiger partial charge in [0.1, 0.15) is 18.1 Å². The standard InChI is InChI=1S/C28H26O4S/c1-21-18-26(14-15-27(21)31-20-28(29)30)33(17-16-22-8-3-2-4-9-22)25-13-7-12-24(19-25)32-23-10-5-6-11-23/h2-4,7-9,12-15,18-19,23H,5-6,10-11,20H2,1H3. The molecule has 0 saturated heterocycles. The summed E-state index contributed by atoms with van der Waals surface area (Å²) in [5.41, 5.74) is 1.81. The summed E-state index contributed by atoms with van der Waals surface area (Å²) >= 11 is 0. The van der Waals surface area contributed by atoms with Crippen LogP contribution >= 0.6 is 0 Å². The number of rotatable bonds is 7. The molecule has 0 bridgehead atoms. The van der Waals surface area contributed by atoms with Crippen molar-refractivity contribution in [3.63, 3.8) is 0 Å². The van der Waals surface area contributed by atoms with E-state index in [4.69, 9.17) is 9.47 Å². The zero-order chi connectivity index (χ0) is 23.0. The van der Waals surface area contributed by atoms with Crippen molar-refractivity contribution in [1.29, 1.82) is 0 Å². The molecule has 0 radical (unpaired) electrons. The third-order valence-corrected chi connectivity index (χ3v) is 7.20. The molecule has 0 N–H and O–H groups in total. The Morgan fingerprint density at radius 2 is 1.76 bits per heavy atom. The van der Waals surface area contributed by atoms with Gasteiger partial charge in [-0.15, -0.1) is 0 Å². The first-order valence-electron chi connectivity index (χ1n) is 11.1. The van der Waals surface area contributed by atoms with Gasteiger partial charge in [0.25, 0.3) is 0 Å². The quantitative estimate of drug-likeness (QED) is 0.387. The third kappa shape index (κ3) is 6.34. The van der Waals surface area contributed by atoms with Crippen molar-refractivity contribution in [2.75, 3.05) is 6.61 Å². The zero-order valence-corrected chi connectivity index (χ0v) is 19.4. The van der Waals surface area contributed by atoms with Gasteiger partial charge >= 0.3 is 0 Å². The van der Waals surface area contributed by atoms with Gasteiger partial charge in [0.15, 0.2) is 25.9 Å². The van der Waals surface area contributed by atoms with E-state index in [1.54, 1.807) is 6.07 Å². The van der Waals surface area contributed by atoms with E-state index < -0.39 is 23.5 Å². The zero-order valence-electron chi connectivity index (χ0n) is 18.6. The Morgan fingerprint density at radius 1 is 1.00 bits per heavy atom. The molecular formula is C28H26O4S.